The first kappa shape index (κ1) is 22.7. The van der Waals surface area contributed by atoms with E-state index in [2.05, 4.69) is 0 Å². The van der Waals surface area contributed by atoms with Crippen LogP contribution < -0.4 is 4.74 Å². The van der Waals surface area contributed by atoms with E-state index in [4.69, 9.17) is 9.47 Å². The molecule has 0 amide bonds. The zero-order valence-corrected chi connectivity index (χ0v) is 18.5. The van der Waals surface area contributed by atoms with Crippen molar-refractivity contribution < 1.29 is 44.3 Å². The van der Waals surface area contributed by atoms with Gasteiger partial charge in [-0.1, -0.05) is 19.1 Å². The molecule has 0 saturated carbocycles. The monoisotopic (exact) mass is 468 g/mol. The summed E-state index contributed by atoms with van der Waals surface area (Å²) in [4.78, 5) is 39.9. The van der Waals surface area contributed by atoms with Crippen LogP contribution in [0.3, 0.4) is 0 Å². The molecule has 0 radical (unpaired) electrons. The number of carbonyl (C=O) groups excluding carboxylic acids is 3. The third kappa shape index (κ3) is 3.27. The van der Waals surface area contributed by atoms with E-state index < -0.39 is 48.0 Å². The van der Waals surface area contributed by atoms with Crippen LogP contribution in [0, 0.1) is 5.92 Å². The molecule has 1 aliphatic heterocycles. The molecule has 6 unspecified atom stereocenters. The third-order valence-corrected chi connectivity index (χ3v) is 6.77. The maximum absolute atomic E-state index is 13.6. The van der Waals surface area contributed by atoms with Crippen molar-refractivity contribution in [2.24, 2.45) is 5.92 Å². The second kappa shape index (κ2) is 7.99. The Morgan fingerprint density at radius 1 is 0.882 bits per heavy atom. The molecular formula is C25H24O9. The van der Waals surface area contributed by atoms with Gasteiger partial charge in [0.25, 0.3) is 0 Å². The van der Waals surface area contributed by atoms with Crippen LogP contribution in [0.5, 0.6) is 11.5 Å². The Labute approximate surface area is 194 Å². The lowest BCUT2D eigenvalue weighted by Crippen LogP contribution is -2.58. The number of ketones is 3. The van der Waals surface area contributed by atoms with Crippen molar-refractivity contribution in [1.29, 1.82) is 0 Å². The van der Waals surface area contributed by atoms with E-state index in [1.165, 1.54) is 31.2 Å². The van der Waals surface area contributed by atoms with Crippen LogP contribution in [0.25, 0.3) is 0 Å². The van der Waals surface area contributed by atoms with Gasteiger partial charge in [-0.25, -0.2) is 0 Å². The van der Waals surface area contributed by atoms with E-state index in [1.54, 1.807) is 0 Å². The number of hydrogen-bond acceptors (Lipinski definition) is 9. The number of phenols is 1. The number of carbonyl (C=O) groups is 3. The van der Waals surface area contributed by atoms with E-state index in [0.29, 0.717) is 12.0 Å². The molecule has 9 nitrogen and oxygen atoms in total. The molecule has 2 aliphatic carbocycles. The minimum absolute atomic E-state index is 0.00634. The molecule has 1 saturated heterocycles. The maximum atomic E-state index is 13.6. The Morgan fingerprint density at radius 2 is 1.62 bits per heavy atom. The van der Waals surface area contributed by atoms with Crippen molar-refractivity contribution >= 4 is 17.3 Å². The molecule has 1 heterocycles. The lowest BCUT2D eigenvalue weighted by Gasteiger charge is -2.39. The number of ether oxygens (including phenoxy) is 2. The molecular weight excluding hydrogens is 444 g/mol. The smallest absolute Gasteiger partial charge is 0.229 e. The molecule has 2 aromatic carbocycles. The van der Waals surface area contributed by atoms with Gasteiger partial charge in [-0.05, 0) is 37.0 Å². The van der Waals surface area contributed by atoms with E-state index in [9.17, 15) is 34.8 Å². The summed E-state index contributed by atoms with van der Waals surface area (Å²) in [6.07, 6.45) is -6.06. The molecule has 4 N–H and O–H groups in total. The van der Waals surface area contributed by atoms with Crippen LogP contribution in [0.15, 0.2) is 24.3 Å². The number of hydrogen-bond donors (Lipinski definition) is 4. The average molecular weight is 468 g/mol. The highest BCUT2D eigenvalue weighted by molar-refractivity contribution is 6.32. The predicted molar refractivity (Wildman–Crippen MR) is 116 cm³/mol. The van der Waals surface area contributed by atoms with E-state index >= 15 is 0 Å². The van der Waals surface area contributed by atoms with Crippen LogP contribution in [0.4, 0.5) is 0 Å². The lowest BCUT2D eigenvalue weighted by atomic mass is 9.74. The minimum atomic E-state index is -1.62. The molecule has 6 atom stereocenters. The average Bonchev–Trinajstić information content (AvgIpc) is 2.78. The lowest BCUT2D eigenvalue weighted by molar-refractivity contribution is -0.268. The number of phenolic OH excluding ortho intramolecular Hbond substituents is 1. The molecule has 2 aromatic rings. The maximum Gasteiger partial charge on any atom is 0.229 e. The number of aliphatic hydroxyl groups excluding tert-OH is 3. The van der Waals surface area contributed by atoms with Gasteiger partial charge in [0.1, 0.15) is 29.8 Å². The molecule has 34 heavy (non-hydrogen) atoms. The predicted octanol–water partition coefficient (Wildman–Crippen LogP) is 1.14. The fraction of sp³-hybridized carbons (Fsp3) is 0.400. The second-order valence-electron chi connectivity index (χ2n) is 9.25. The Bertz CT molecular complexity index is 1230. The van der Waals surface area contributed by atoms with Crippen molar-refractivity contribution in [3.63, 3.8) is 0 Å². The molecule has 1 fully saturated rings. The van der Waals surface area contributed by atoms with Gasteiger partial charge < -0.3 is 29.9 Å². The second-order valence-corrected chi connectivity index (χ2v) is 9.25. The Hall–Kier alpha value is -3.11. The molecule has 5 rings (SSSR count). The summed E-state index contributed by atoms with van der Waals surface area (Å²) in [6.45, 7) is 3.39. The quantitative estimate of drug-likeness (QED) is 0.434. The topological polar surface area (TPSA) is 151 Å². The highest BCUT2D eigenvalue weighted by atomic mass is 16.7. The first-order chi connectivity index (χ1) is 16.1. The number of fused-ring (bicyclic) bond motifs is 4. The highest BCUT2D eigenvalue weighted by Crippen LogP contribution is 2.42. The van der Waals surface area contributed by atoms with Gasteiger partial charge in [0.05, 0.1) is 17.2 Å². The van der Waals surface area contributed by atoms with Gasteiger partial charge in [0.2, 0.25) is 12.1 Å². The molecule has 0 spiro atoms. The summed E-state index contributed by atoms with van der Waals surface area (Å²) in [6, 6.07) is 5.68. The van der Waals surface area contributed by atoms with Gasteiger partial charge in [-0.15, -0.1) is 0 Å². The first-order valence-electron chi connectivity index (χ1n) is 11.1. The summed E-state index contributed by atoms with van der Waals surface area (Å²) in [7, 11) is 0. The Kier molecular flexibility index (Phi) is 5.33. The largest absolute Gasteiger partial charge is 0.507 e. The minimum Gasteiger partial charge on any atom is -0.507 e. The molecule has 0 bridgehead atoms. The van der Waals surface area contributed by atoms with Crippen molar-refractivity contribution in [3.8, 4) is 11.5 Å². The van der Waals surface area contributed by atoms with Gasteiger partial charge in [-0.2, -0.15) is 0 Å². The molecule has 9 heteroatoms. The normalized spacial score (nSPS) is 30.4. The number of aliphatic hydroxyl groups is 3. The molecule has 3 aliphatic rings. The zero-order chi connectivity index (χ0) is 24.5. The Morgan fingerprint density at radius 3 is 2.35 bits per heavy atom. The molecule has 0 aromatic heterocycles. The van der Waals surface area contributed by atoms with Gasteiger partial charge in [0.15, 0.2) is 11.6 Å². The first-order valence-corrected chi connectivity index (χ1v) is 11.1. The fourth-order valence-electron chi connectivity index (χ4n) is 5.07. The van der Waals surface area contributed by atoms with E-state index in [0.717, 1.165) is 0 Å². The van der Waals surface area contributed by atoms with Crippen molar-refractivity contribution in [3.05, 3.63) is 57.6 Å². The number of Topliss-reactive ketones (excluding diaryl/α,β-unsaturated/α-hetero) is 1. The van der Waals surface area contributed by atoms with E-state index in [-0.39, 0.29) is 51.7 Å². The van der Waals surface area contributed by atoms with Crippen LogP contribution in [-0.4, -0.2) is 68.5 Å². The standard InChI is InChI=1S/C25H24O9/c1-9-6-11-8-14(27)18-19(16(11)13(26)7-9)21(29)12-4-3-5-15(17(12)22(18)30)34-25-24(32)23(31)20(28)10(2)33-25/h3-5,8-10,20,23-25,27-28,31-32H,6-7H2,1-2H3. The van der Waals surface area contributed by atoms with E-state index in [1.807, 2.05) is 6.92 Å². The Balaban J connectivity index is 1.60. The number of benzene rings is 2. The summed E-state index contributed by atoms with van der Waals surface area (Å²) < 4.78 is 11.2. The van der Waals surface area contributed by atoms with Crippen LogP contribution in [0.1, 0.15) is 68.0 Å². The number of aromatic hydroxyl groups is 1. The van der Waals surface area contributed by atoms with Gasteiger partial charge in [0, 0.05) is 23.1 Å². The van der Waals surface area contributed by atoms with Crippen molar-refractivity contribution in [2.45, 2.75) is 57.4 Å². The van der Waals surface area contributed by atoms with Crippen molar-refractivity contribution in [2.75, 3.05) is 0 Å². The third-order valence-electron chi connectivity index (χ3n) is 6.77. The fourth-order valence-corrected chi connectivity index (χ4v) is 5.07. The van der Waals surface area contributed by atoms with Crippen LogP contribution >= 0.6 is 0 Å². The summed E-state index contributed by atoms with van der Waals surface area (Å²) >= 11 is 0. The SMILES string of the molecule is CC1CC(=O)c2c(cc(O)c3c2C(=O)c2cccc(OC4OC(C)C(O)C(O)C4O)c2C3=O)C1. The zero-order valence-electron chi connectivity index (χ0n) is 18.5. The molecule has 178 valence electrons. The summed E-state index contributed by atoms with van der Waals surface area (Å²) in [5.41, 5.74) is 0.214. The van der Waals surface area contributed by atoms with Crippen LogP contribution in [-0.2, 0) is 11.2 Å². The highest BCUT2D eigenvalue weighted by Gasteiger charge is 2.45. The summed E-state index contributed by atoms with van der Waals surface area (Å²) in [5, 5.41) is 41.0. The number of rotatable bonds is 2. The van der Waals surface area contributed by atoms with Gasteiger partial charge >= 0.3 is 0 Å². The van der Waals surface area contributed by atoms with Crippen molar-refractivity contribution in [1.82, 2.24) is 0 Å². The van der Waals surface area contributed by atoms with Gasteiger partial charge in [-0.3, -0.25) is 14.4 Å². The van der Waals surface area contributed by atoms with Crippen LogP contribution in [0.2, 0.25) is 0 Å². The summed E-state index contributed by atoms with van der Waals surface area (Å²) in [5.74, 6) is -1.97.